The normalized spacial score (nSPS) is 16.6. The molecule has 1 fully saturated rings. The minimum atomic E-state index is -2.67. The van der Waals surface area contributed by atoms with Crippen molar-refractivity contribution in [1.29, 1.82) is 0 Å². The Labute approximate surface area is 166 Å². The van der Waals surface area contributed by atoms with Crippen LogP contribution in [0, 0.1) is 12.7 Å². The number of hydrogen-bond acceptors (Lipinski definition) is 3. The van der Waals surface area contributed by atoms with Gasteiger partial charge in [0.1, 0.15) is 17.6 Å². The van der Waals surface area contributed by atoms with E-state index in [2.05, 4.69) is 5.10 Å². The number of carbonyl (C=O) groups excluding carboxylic acids is 1. The molecule has 0 N–H and O–H groups in total. The van der Waals surface area contributed by atoms with Gasteiger partial charge in [-0.3, -0.25) is 14.4 Å². The molecule has 0 saturated carbocycles. The van der Waals surface area contributed by atoms with Crippen molar-refractivity contribution in [3.05, 3.63) is 52.1 Å². The SMILES string of the molecule is Cc1cc(C(F)F)nn1C(C)C(=O)N1CCN(Cc2c(F)cccc2Cl)CC1. The van der Waals surface area contributed by atoms with Gasteiger partial charge in [0.05, 0.1) is 0 Å². The first kappa shape index (κ1) is 20.7. The zero-order chi connectivity index (χ0) is 20.4. The maximum atomic E-state index is 14.0. The van der Waals surface area contributed by atoms with E-state index >= 15 is 0 Å². The molecular formula is C19H22ClF3N4O. The second kappa shape index (κ2) is 8.53. The Morgan fingerprint density at radius 1 is 1.25 bits per heavy atom. The van der Waals surface area contributed by atoms with Crippen LogP contribution in [0.4, 0.5) is 13.2 Å². The Kier molecular flexibility index (Phi) is 6.30. The zero-order valence-corrected chi connectivity index (χ0v) is 16.5. The number of piperazine rings is 1. The van der Waals surface area contributed by atoms with Crippen molar-refractivity contribution in [3.63, 3.8) is 0 Å². The second-order valence-corrected chi connectivity index (χ2v) is 7.34. The summed E-state index contributed by atoms with van der Waals surface area (Å²) in [6.45, 7) is 5.77. The lowest BCUT2D eigenvalue weighted by atomic mass is 10.1. The molecule has 0 bridgehead atoms. The van der Waals surface area contributed by atoms with Crippen molar-refractivity contribution in [2.75, 3.05) is 26.2 Å². The fourth-order valence-electron chi connectivity index (χ4n) is 3.41. The monoisotopic (exact) mass is 414 g/mol. The van der Waals surface area contributed by atoms with Gasteiger partial charge >= 0.3 is 0 Å². The van der Waals surface area contributed by atoms with Crippen molar-refractivity contribution >= 4 is 17.5 Å². The topological polar surface area (TPSA) is 41.4 Å². The Balaban J connectivity index is 1.60. The molecule has 1 amide bonds. The number of hydrogen-bond donors (Lipinski definition) is 0. The predicted octanol–water partition coefficient (Wildman–Crippen LogP) is 3.83. The second-order valence-electron chi connectivity index (χ2n) is 6.93. The summed E-state index contributed by atoms with van der Waals surface area (Å²) in [6.07, 6.45) is -2.67. The fourth-order valence-corrected chi connectivity index (χ4v) is 3.64. The number of aryl methyl sites for hydroxylation is 1. The Bertz CT molecular complexity index is 829. The summed E-state index contributed by atoms with van der Waals surface area (Å²) in [7, 11) is 0. The predicted molar refractivity (Wildman–Crippen MR) is 99.9 cm³/mol. The lowest BCUT2D eigenvalue weighted by Gasteiger charge is -2.36. The average molecular weight is 415 g/mol. The molecule has 5 nitrogen and oxygen atoms in total. The van der Waals surface area contributed by atoms with Crippen LogP contribution in [-0.2, 0) is 11.3 Å². The standard InChI is InChI=1S/C19H22ClF3N4O/c1-12-10-17(18(22)23)24-27(12)13(2)19(28)26-8-6-25(7-9-26)11-14-15(20)4-3-5-16(14)21/h3-5,10,13,18H,6-9,11H2,1-2H3. The van der Waals surface area contributed by atoms with Crippen molar-refractivity contribution < 1.29 is 18.0 Å². The minimum absolute atomic E-state index is 0.171. The van der Waals surface area contributed by atoms with Crippen molar-refractivity contribution in [3.8, 4) is 0 Å². The molecule has 2 aromatic rings. The van der Waals surface area contributed by atoms with Crippen LogP contribution >= 0.6 is 11.6 Å². The number of carbonyl (C=O) groups is 1. The van der Waals surface area contributed by atoms with Gasteiger partial charge in [-0.15, -0.1) is 0 Å². The van der Waals surface area contributed by atoms with Gasteiger partial charge in [-0.25, -0.2) is 13.2 Å². The highest BCUT2D eigenvalue weighted by Gasteiger charge is 2.28. The summed E-state index contributed by atoms with van der Waals surface area (Å²) < 4.78 is 41.0. The molecule has 9 heteroatoms. The molecule has 3 rings (SSSR count). The highest BCUT2D eigenvalue weighted by atomic mass is 35.5. The van der Waals surface area contributed by atoms with E-state index in [1.165, 1.54) is 16.8 Å². The summed E-state index contributed by atoms with van der Waals surface area (Å²) in [5.41, 5.74) is 0.636. The Morgan fingerprint density at radius 3 is 2.50 bits per heavy atom. The van der Waals surface area contributed by atoms with Crippen LogP contribution in [0.25, 0.3) is 0 Å². The van der Waals surface area contributed by atoms with Crippen molar-refractivity contribution in [1.82, 2.24) is 19.6 Å². The average Bonchev–Trinajstić information content (AvgIpc) is 3.06. The van der Waals surface area contributed by atoms with E-state index in [0.717, 1.165) is 0 Å². The molecule has 1 saturated heterocycles. The number of rotatable bonds is 5. The molecule has 0 aliphatic carbocycles. The number of alkyl halides is 2. The van der Waals surface area contributed by atoms with Gasteiger partial charge in [-0.05, 0) is 32.0 Å². The van der Waals surface area contributed by atoms with Crippen LogP contribution in [0.2, 0.25) is 5.02 Å². The highest BCUT2D eigenvalue weighted by Crippen LogP contribution is 2.23. The number of amides is 1. The number of nitrogens with zero attached hydrogens (tertiary/aromatic N) is 4. The lowest BCUT2D eigenvalue weighted by Crippen LogP contribution is -2.50. The van der Waals surface area contributed by atoms with Gasteiger partial charge in [0.25, 0.3) is 6.43 Å². The third kappa shape index (κ3) is 4.33. The van der Waals surface area contributed by atoms with Crippen molar-refractivity contribution in [2.24, 2.45) is 0 Å². The van der Waals surface area contributed by atoms with E-state index < -0.39 is 12.5 Å². The Morgan fingerprint density at radius 2 is 1.93 bits per heavy atom. The number of benzene rings is 1. The van der Waals surface area contributed by atoms with E-state index in [1.807, 2.05) is 4.90 Å². The van der Waals surface area contributed by atoms with E-state index in [0.29, 0.717) is 49.0 Å². The minimum Gasteiger partial charge on any atom is -0.338 e. The van der Waals surface area contributed by atoms with Crippen LogP contribution in [0.5, 0.6) is 0 Å². The first-order chi connectivity index (χ1) is 13.3. The van der Waals surface area contributed by atoms with Crippen LogP contribution in [0.15, 0.2) is 24.3 Å². The zero-order valence-electron chi connectivity index (χ0n) is 15.7. The molecular weight excluding hydrogens is 393 g/mol. The fraction of sp³-hybridized carbons (Fsp3) is 0.474. The summed E-state index contributed by atoms with van der Waals surface area (Å²) in [5.74, 6) is -0.515. The van der Waals surface area contributed by atoms with Gasteiger partial charge in [0.15, 0.2) is 0 Å². The van der Waals surface area contributed by atoms with E-state index in [-0.39, 0.29) is 17.4 Å². The molecule has 1 unspecified atom stereocenters. The molecule has 152 valence electrons. The van der Waals surface area contributed by atoms with Gasteiger partial charge in [0.2, 0.25) is 5.91 Å². The maximum absolute atomic E-state index is 14.0. The van der Waals surface area contributed by atoms with Gasteiger partial charge in [0, 0.05) is 49.0 Å². The third-order valence-corrected chi connectivity index (χ3v) is 5.37. The summed E-state index contributed by atoms with van der Waals surface area (Å²) in [5, 5.41) is 4.25. The first-order valence-corrected chi connectivity index (χ1v) is 9.44. The molecule has 1 aliphatic heterocycles. The third-order valence-electron chi connectivity index (χ3n) is 5.02. The molecule has 1 aliphatic rings. The molecule has 2 heterocycles. The summed E-state index contributed by atoms with van der Waals surface area (Å²) in [4.78, 5) is 16.5. The Hall–Kier alpha value is -2.06. The first-order valence-electron chi connectivity index (χ1n) is 9.06. The molecule has 28 heavy (non-hydrogen) atoms. The van der Waals surface area contributed by atoms with Crippen LogP contribution in [-0.4, -0.2) is 51.7 Å². The number of halogens is 4. The lowest BCUT2D eigenvalue weighted by molar-refractivity contribution is -0.136. The van der Waals surface area contributed by atoms with Gasteiger partial charge in [-0.1, -0.05) is 17.7 Å². The quantitative estimate of drug-likeness (QED) is 0.746. The maximum Gasteiger partial charge on any atom is 0.282 e. The number of aromatic nitrogens is 2. The van der Waals surface area contributed by atoms with E-state index in [1.54, 1.807) is 30.9 Å². The van der Waals surface area contributed by atoms with Crippen molar-refractivity contribution in [2.45, 2.75) is 32.9 Å². The smallest absolute Gasteiger partial charge is 0.282 e. The molecule has 0 radical (unpaired) electrons. The summed E-state index contributed by atoms with van der Waals surface area (Å²) in [6, 6.07) is 5.23. The van der Waals surface area contributed by atoms with Gasteiger partial charge < -0.3 is 4.90 Å². The molecule has 1 aromatic carbocycles. The van der Waals surface area contributed by atoms with Crippen LogP contribution in [0.1, 0.15) is 36.3 Å². The van der Waals surface area contributed by atoms with Crippen LogP contribution < -0.4 is 0 Å². The molecule has 1 aromatic heterocycles. The van der Waals surface area contributed by atoms with Crippen LogP contribution in [0.3, 0.4) is 0 Å². The molecule has 1 atom stereocenters. The van der Waals surface area contributed by atoms with Gasteiger partial charge in [-0.2, -0.15) is 5.10 Å². The highest BCUT2D eigenvalue weighted by molar-refractivity contribution is 6.31. The van der Waals surface area contributed by atoms with E-state index in [9.17, 15) is 18.0 Å². The largest absolute Gasteiger partial charge is 0.338 e. The summed E-state index contributed by atoms with van der Waals surface area (Å²) >= 11 is 6.08. The van der Waals surface area contributed by atoms with E-state index in [4.69, 9.17) is 11.6 Å². The molecule has 0 spiro atoms.